The third kappa shape index (κ3) is 24.4. The molecule has 0 bridgehead atoms. The zero-order valence-electron chi connectivity index (χ0n) is 15.3. The maximum Gasteiger partial charge on any atom is 0.115 e. The fourth-order valence-electron chi connectivity index (χ4n) is 0.961. The molecular weight excluding hydrogens is 256 g/mol. The van der Waals surface area contributed by atoms with Crippen LogP contribution in [0.25, 0.3) is 0 Å². The van der Waals surface area contributed by atoms with E-state index in [1.165, 1.54) is 5.56 Å². The summed E-state index contributed by atoms with van der Waals surface area (Å²) < 4.78 is 0. The summed E-state index contributed by atoms with van der Waals surface area (Å²) in [6, 6.07) is 7.35. The lowest BCUT2D eigenvalue weighted by Gasteiger charge is -2.18. The van der Waals surface area contributed by atoms with Crippen molar-refractivity contribution in [3.8, 4) is 5.75 Å². The van der Waals surface area contributed by atoms with Crippen molar-refractivity contribution in [1.29, 1.82) is 0 Å². The number of phenols is 1. The van der Waals surface area contributed by atoms with Crippen molar-refractivity contribution in [3.05, 3.63) is 29.8 Å². The lowest BCUT2D eigenvalue weighted by molar-refractivity contribution is 0.469. The molecule has 1 nitrogen and oxygen atoms in total. The van der Waals surface area contributed by atoms with Crippen LogP contribution in [0.1, 0.15) is 82.2 Å². The van der Waals surface area contributed by atoms with Gasteiger partial charge in [0.2, 0.25) is 0 Å². The molecule has 0 saturated carbocycles. The van der Waals surface area contributed by atoms with Gasteiger partial charge in [-0.25, -0.2) is 0 Å². The van der Waals surface area contributed by atoms with E-state index in [-0.39, 0.29) is 12.8 Å². The molecule has 21 heavy (non-hydrogen) atoms. The molecule has 1 aromatic rings. The molecule has 0 aliphatic carbocycles. The number of rotatable bonds is 0. The first-order valence-electron chi connectivity index (χ1n) is 7.53. The van der Waals surface area contributed by atoms with Crippen LogP contribution >= 0.6 is 0 Å². The van der Waals surface area contributed by atoms with Crippen molar-refractivity contribution in [2.75, 3.05) is 0 Å². The Labute approximate surface area is 134 Å². The zero-order chi connectivity index (χ0) is 16.6. The molecule has 0 aromatic heterocycles. The van der Waals surface area contributed by atoms with E-state index in [1.807, 2.05) is 12.1 Å². The Morgan fingerprint density at radius 3 is 1.19 bits per heavy atom. The maximum absolute atomic E-state index is 9.02. The van der Waals surface area contributed by atoms with Gasteiger partial charge in [-0.1, -0.05) is 88.8 Å². The third-order valence-electron chi connectivity index (χ3n) is 1.73. The third-order valence-corrected chi connectivity index (χ3v) is 1.73. The van der Waals surface area contributed by atoms with E-state index in [0.717, 1.165) is 5.92 Å². The smallest absolute Gasteiger partial charge is 0.115 e. The molecule has 0 aliphatic heterocycles. The van der Waals surface area contributed by atoms with E-state index in [4.69, 9.17) is 5.11 Å². The van der Waals surface area contributed by atoms with Gasteiger partial charge in [0, 0.05) is 0 Å². The predicted molar refractivity (Wildman–Crippen MR) is 99.2 cm³/mol. The highest BCUT2D eigenvalue weighted by atomic mass is 16.3. The van der Waals surface area contributed by atoms with Gasteiger partial charge in [0.05, 0.1) is 0 Å². The van der Waals surface area contributed by atoms with Crippen LogP contribution in [-0.4, -0.2) is 5.11 Å². The summed E-state index contributed by atoms with van der Waals surface area (Å²) in [5.41, 5.74) is 1.92. The highest BCUT2D eigenvalue weighted by molar-refractivity contribution is 5.29. The van der Waals surface area contributed by atoms with Crippen molar-refractivity contribution < 1.29 is 5.11 Å². The first kappa shape index (κ1) is 25.0. The van der Waals surface area contributed by atoms with Crippen LogP contribution in [-0.2, 0) is 5.41 Å². The van der Waals surface area contributed by atoms with Crippen LogP contribution in [0.5, 0.6) is 5.75 Å². The summed E-state index contributed by atoms with van der Waals surface area (Å²) in [4.78, 5) is 0. The number of hydrogen-bond donors (Lipinski definition) is 1. The van der Waals surface area contributed by atoms with Gasteiger partial charge in [-0.2, -0.15) is 0 Å². The van der Waals surface area contributed by atoms with E-state index in [1.54, 1.807) is 12.1 Å². The Kier molecular flexibility index (Phi) is 12.7. The van der Waals surface area contributed by atoms with Gasteiger partial charge in [0.25, 0.3) is 0 Å². The molecule has 0 heterocycles. The second-order valence-electron chi connectivity index (χ2n) is 8.53. The Hall–Kier alpha value is -0.980. The summed E-state index contributed by atoms with van der Waals surface area (Å²) in [6.45, 7) is 21.7. The molecule has 0 radical (unpaired) electrons. The Morgan fingerprint density at radius 2 is 1.00 bits per heavy atom. The summed E-state index contributed by atoms with van der Waals surface area (Å²) in [7, 11) is 0. The molecule has 0 aliphatic rings. The molecule has 0 fully saturated rings. The predicted octanol–water partition coefficient (Wildman–Crippen LogP) is 7.04. The van der Waals surface area contributed by atoms with E-state index in [2.05, 4.69) is 69.2 Å². The quantitative estimate of drug-likeness (QED) is 0.544. The number of phenolic OH excluding ortho intramolecular Hbond substituents is 1. The van der Waals surface area contributed by atoms with Crippen LogP contribution in [0.3, 0.4) is 0 Å². The topological polar surface area (TPSA) is 20.2 Å². The van der Waals surface area contributed by atoms with Gasteiger partial charge in [-0.3, -0.25) is 0 Å². The van der Waals surface area contributed by atoms with Gasteiger partial charge in [0.15, 0.2) is 0 Å². The van der Waals surface area contributed by atoms with Crippen molar-refractivity contribution in [1.82, 2.24) is 0 Å². The van der Waals surface area contributed by atoms with Gasteiger partial charge in [-0.05, 0) is 34.4 Å². The zero-order valence-corrected chi connectivity index (χ0v) is 15.3. The van der Waals surface area contributed by atoms with Crippen LogP contribution in [0.4, 0.5) is 0 Å². The molecule has 1 rings (SSSR count). The fraction of sp³-hybridized carbons (Fsp3) is 0.700. The highest BCUT2D eigenvalue weighted by Gasteiger charge is 2.12. The second kappa shape index (κ2) is 10.7. The van der Waals surface area contributed by atoms with Crippen LogP contribution in [0.2, 0.25) is 0 Å². The normalized spacial score (nSPS) is 10.6. The van der Waals surface area contributed by atoms with E-state index < -0.39 is 0 Å². The standard InChI is InChI=1S/C10H14O.C5H12.C4H10.CH4/c1-10(2,3)8-4-6-9(11)7-5-8;1-5(2,3)4;1-4(2)3;/h4-7,11H,1-3H3;1-4H3;4H,1-3H3;1H4. The van der Waals surface area contributed by atoms with Crippen LogP contribution in [0, 0.1) is 11.3 Å². The fourth-order valence-corrected chi connectivity index (χ4v) is 0.961. The molecule has 0 amide bonds. The van der Waals surface area contributed by atoms with E-state index >= 15 is 0 Å². The molecule has 0 saturated heterocycles. The Morgan fingerprint density at radius 1 is 0.762 bits per heavy atom. The molecular formula is C20H40O. The lowest BCUT2D eigenvalue weighted by atomic mass is 9.87. The van der Waals surface area contributed by atoms with Gasteiger partial charge in [-0.15, -0.1) is 0 Å². The Bertz CT molecular complexity index is 325. The van der Waals surface area contributed by atoms with Crippen LogP contribution in [0.15, 0.2) is 24.3 Å². The minimum absolute atomic E-state index is 0. The van der Waals surface area contributed by atoms with Crippen LogP contribution < -0.4 is 0 Å². The van der Waals surface area contributed by atoms with Crippen molar-refractivity contribution in [3.63, 3.8) is 0 Å². The van der Waals surface area contributed by atoms with E-state index in [0.29, 0.717) is 11.2 Å². The molecule has 0 unspecified atom stereocenters. The number of aromatic hydroxyl groups is 1. The van der Waals surface area contributed by atoms with E-state index in [9.17, 15) is 0 Å². The molecule has 1 N–H and O–H groups in total. The molecule has 1 aromatic carbocycles. The first-order valence-corrected chi connectivity index (χ1v) is 7.53. The molecule has 126 valence electrons. The second-order valence-corrected chi connectivity index (χ2v) is 8.53. The number of benzene rings is 1. The highest BCUT2D eigenvalue weighted by Crippen LogP contribution is 2.23. The monoisotopic (exact) mass is 296 g/mol. The summed E-state index contributed by atoms with van der Waals surface area (Å²) in [5, 5.41) is 9.02. The first-order chi connectivity index (χ1) is 8.73. The maximum atomic E-state index is 9.02. The van der Waals surface area contributed by atoms with Gasteiger partial charge < -0.3 is 5.11 Å². The largest absolute Gasteiger partial charge is 0.508 e. The average molecular weight is 297 g/mol. The Balaban J connectivity index is -0.000000275. The number of hydrogen-bond acceptors (Lipinski definition) is 1. The summed E-state index contributed by atoms with van der Waals surface area (Å²) in [5.74, 6) is 1.16. The van der Waals surface area contributed by atoms with Crippen molar-refractivity contribution >= 4 is 0 Å². The molecule has 1 heteroatoms. The van der Waals surface area contributed by atoms with Crippen molar-refractivity contribution in [2.24, 2.45) is 11.3 Å². The molecule has 0 atom stereocenters. The minimum Gasteiger partial charge on any atom is -0.508 e. The average Bonchev–Trinajstić information content (AvgIpc) is 2.12. The summed E-state index contributed by atoms with van der Waals surface area (Å²) in [6.07, 6.45) is 0. The lowest BCUT2D eigenvalue weighted by Crippen LogP contribution is -2.10. The van der Waals surface area contributed by atoms with Crippen molar-refractivity contribution in [2.45, 2.75) is 82.1 Å². The van der Waals surface area contributed by atoms with Gasteiger partial charge >= 0.3 is 0 Å². The minimum atomic E-state index is 0. The van der Waals surface area contributed by atoms with Gasteiger partial charge in [0.1, 0.15) is 5.75 Å². The summed E-state index contributed by atoms with van der Waals surface area (Å²) >= 11 is 0. The SMILES string of the molecule is C.CC(C)(C)C.CC(C)(C)c1ccc(O)cc1.CC(C)C. The molecule has 0 spiro atoms.